The molecule has 0 aliphatic rings. The van der Waals surface area contributed by atoms with E-state index >= 15 is 0 Å². The van der Waals surface area contributed by atoms with E-state index in [-0.39, 0.29) is 11.5 Å². The van der Waals surface area contributed by atoms with Gasteiger partial charge in [-0.1, -0.05) is 12.1 Å². The van der Waals surface area contributed by atoms with Crippen LogP contribution >= 0.6 is 0 Å². The van der Waals surface area contributed by atoms with E-state index in [1.165, 1.54) is 13.8 Å². The first-order chi connectivity index (χ1) is 7.02. The second-order valence-electron chi connectivity index (χ2n) is 3.16. The third kappa shape index (κ3) is 2.80. The second-order valence-corrected chi connectivity index (χ2v) is 3.16. The highest BCUT2D eigenvalue weighted by Crippen LogP contribution is 2.22. The van der Waals surface area contributed by atoms with Crippen LogP contribution in [0.25, 0.3) is 0 Å². The summed E-state index contributed by atoms with van der Waals surface area (Å²) in [6, 6.07) is 5.09. The average Bonchev–Trinajstić information content (AvgIpc) is 2.13. The van der Waals surface area contributed by atoms with Crippen LogP contribution in [-0.4, -0.2) is 11.8 Å². The zero-order chi connectivity index (χ0) is 11.4. The van der Waals surface area contributed by atoms with E-state index in [2.05, 4.69) is 4.89 Å². The molecule has 0 N–H and O–H groups in total. The standard InChI is InChI=1S/C11H12O4/c1-7-5-4-6-10(11(7)8(2)12)15-14-9(3)13/h4-6H,1-3H3. The molecule has 4 nitrogen and oxygen atoms in total. The molecule has 0 heterocycles. The van der Waals surface area contributed by atoms with Crippen molar-refractivity contribution in [1.29, 1.82) is 0 Å². The number of rotatable bonds is 3. The minimum absolute atomic E-state index is 0.129. The maximum atomic E-state index is 11.3. The lowest BCUT2D eigenvalue weighted by Gasteiger charge is -2.08. The molecule has 0 amide bonds. The molecule has 0 aliphatic heterocycles. The third-order valence-corrected chi connectivity index (χ3v) is 1.84. The quantitative estimate of drug-likeness (QED) is 0.433. The topological polar surface area (TPSA) is 52.6 Å². The Labute approximate surface area is 87.7 Å². The molecule has 0 fully saturated rings. The summed E-state index contributed by atoms with van der Waals surface area (Å²) in [5.74, 6) is -0.432. The molecule has 0 radical (unpaired) electrons. The molecule has 1 aromatic carbocycles. The number of ketones is 1. The highest BCUT2D eigenvalue weighted by Gasteiger charge is 2.12. The maximum Gasteiger partial charge on any atom is 0.352 e. The van der Waals surface area contributed by atoms with Crippen LogP contribution in [0, 0.1) is 6.92 Å². The number of hydrogen-bond acceptors (Lipinski definition) is 4. The first kappa shape index (κ1) is 11.2. The molecule has 0 aliphatic carbocycles. The van der Waals surface area contributed by atoms with Crippen LogP contribution in [0.2, 0.25) is 0 Å². The van der Waals surface area contributed by atoms with Crippen molar-refractivity contribution in [3.05, 3.63) is 29.3 Å². The third-order valence-electron chi connectivity index (χ3n) is 1.84. The van der Waals surface area contributed by atoms with E-state index in [0.717, 1.165) is 5.56 Å². The van der Waals surface area contributed by atoms with E-state index in [4.69, 9.17) is 4.89 Å². The predicted molar refractivity (Wildman–Crippen MR) is 53.6 cm³/mol. The van der Waals surface area contributed by atoms with Gasteiger partial charge in [0.15, 0.2) is 11.5 Å². The number of Topliss-reactive ketones (excluding diaryl/α,β-unsaturated/α-hetero) is 1. The minimum Gasteiger partial charge on any atom is -0.294 e. The lowest BCUT2D eigenvalue weighted by atomic mass is 10.0. The van der Waals surface area contributed by atoms with Gasteiger partial charge >= 0.3 is 5.97 Å². The van der Waals surface area contributed by atoms with Crippen molar-refractivity contribution >= 4 is 11.8 Å². The van der Waals surface area contributed by atoms with Crippen LogP contribution in [0.4, 0.5) is 0 Å². The smallest absolute Gasteiger partial charge is 0.294 e. The van der Waals surface area contributed by atoms with Crippen molar-refractivity contribution < 1.29 is 19.4 Å². The summed E-state index contributed by atoms with van der Waals surface area (Å²) in [5.41, 5.74) is 1.21. The van der Waals surface area contributed by atoms with Gasteiger partial charge in [-0.05, 0) is 25.5 Å². The van der Waals surface area contributed by atoms with Crippen molar-refractivity contribution in [2.75, 3.05) is 0 Å². The molecular weight excluding hydrogens is 196 g/mol. The molecule has 4 heteroatoms. The largest absolute Gasteiger partial charge is 0.352 e. The van der Waals surface area contributed by atoms with Gasteiger partial charge in [-0.2, -0.15) is 0 Å². The highest BCUT2D eigenvalue weighted by atomic mass is 17.2. The SMILES string of the molecule is CC(=O)OOc1cccc(C)c1C(C)=O. The summed E-state index contributed by atoms with van der Waals surface area (Å²) in [6.45, 7) is 4.45. The lowest BCUT2D eigenvalue weighted by molar-refractivity contribution is -0.211. The first-order valence-corrected chi connectivity index (χ1v) is 4.48. The molecule has 0 saturated heterocycles. The number of carbonyl (C=O) groups excluding carboxylic acids is 2. The average molecular weight is 208 g/mol. The molecule has 0 bridgehead atoms. The first-order valence-electron chi connectivity index (χ1n) is 4.48. The Hall–Kier alpha value is -1.84. The normalized spacial score (nSPS) is 9.53. The van der Waals surface area contributed by atoms with Crippen LogP contribution < -0.4 is 4.89 Å². The molecule has 1 rings (SSSR count). The van der Waals surface area contributed by atoms with Crippen LogP contribution in [0.15, 0.2) is 18.2 Å². The van der Waals surface area contributed by atoms with Gasteiger partial charge in [-0.25, -0.2) is 4.79 Å². The van der Waals surface area contributed by atoms with Crippen molar-refractivity contribution in [1.82, 2.24) is 0 Å². The number of benzene rings is 1. The summed E-state index contributed by atoms with van der Waals surface area (Å²) in [5, 5.41) is 0. The fourth-order valence-electron chi connectivity index (χ4n) is 1.27. The van der Waals surface area contributed by atoms with Gasteiger partial charge in [0.25, 0.3) is 0 Å². The summed E-state index contributed by atoms with van der Waals surface area (Å²) >= 11 is 0. The van der Waals surface area contributed by atoms with Crippen molar-refractivity contribution in [3.8, 4) is 5.75 Å². The van der Waals surface area contributed by atoms with Crippen molar-refractivity contribution in [2.45, 2.75) is 20.8 Å². The van der Waals surface area contributed by atoms with E-state index in [1.54, 1.807) is 25.1 Å². The van der Waals surface area contributed by atoms with Crippen molar-refractivity contribution in [2.24, 2.45) is 0 Å². The summed E-state index contributed by atoms with van der Waals surface area (Å²) < 4.78 is 0. The monoisotopic (exact) mass is 208 g/mol. The fraction of sp³-hybridized carbons (Fsp3) is 0.273. The van der Waals surface area contributed by atoms with Crippen LogP contribution in [0.1, 0.15) is 29.8 Å². The Bertz CT molecular complexity index is 396. The molecule has 0 unspecified atom stereocenters. The van der Waals surface area contributed by atoms with Gasteiger partial charge in [0.1, 0.15) is 0 Å². The fourth-order valence-corrected chi connectivity index (χ4v) is 1.27. The van der Waals surface area contributed by atoms with E-state index in [9.17, 15) is 9.59 Å². The minimum atomic E-state index is -0.564. The molecule has 80 valence electrons. The Morgan fingerprint density at radius 1 is 1.20 bits per heavy atom. The second kappa shape index (κ2) is 4.59. The number of aryl methyl sites for hydroxylation is 1. The molecule has 0 saturated carbocycles. The maximum absolute atomic E-state index is 11.3. The van der Waals surface area contributed by atoms with Gasteiger partial charge < -0.3 is 0 Å². The highest BCUT2D eigenvalue weighted by molar-refractivity contribution is 5.98. The van der Waals surface area contributed by atoms with Gasteiger partial charge in [0.05, 0.1) is 5.56 Å². The Morgan fingerprint density at radius 2 is 1.87 bits per heavy atom. The van der Waals surface area contributed by atoms with E-state index in [0.29, 0.717) is 5.56 Å². The molecule has 0 spiro atoms. The predicted octanol–water partition coefficient (Wildman–Crippen LogP) is 2.05. The van der Waals surface area contributed by atoms with E-state index < -0.39 is 5.97 Å². The van der Waals surface area contributed by atoms with Gasteiger partial charge in [0, 0.05) is 6.92 Å². The Morgan fingerprint density at radius 3 is 2.40 bits per heavy atom. The molecular formula is C11H12O4. The van der Waals surface area contributed by atoms with Crippen LogP contribution in [0.3, 0.4) is 0 Å². The number of hydrogen-bond donors (Lipinski definition) is 0. The number of carbonyl (C=O) groups is 2. The zero-order valence-electron chi connectivity index (χ0n) is 8.87. The summed E-state index contributed by atoms with van der Waals surface area (Å²) in [4.78, 5) is 31.0. The van der Waals surface area contributed by atoms with Crippen LogP contribution in [0.5, 0.6) is 5.75 Å². The Kier molecular flexibility index (Phi) is 3.44. The van der Waals surface area contributed by atoms with Crippen LogP contribution in [-0.2, 0) is 9.68 Å². The van der Waals surface area contributed by atoms with Gasteiger partial charge in [-0.15, -0.1) is 0 Å². The summed E-state index contributed by atoms with van der Waals surface area (Å²) in [7, 11) is 0. The van der Waals surface area contributed by atoms with E-state index in [1.807, 2.05) is 0 Å². The molecule has 0 aromatic heterocycles. The summed E-state index contributed by atoms with van der Waals surface area (Å²) in [6.07, 6.45) is 0. The Balaban J connectivity index is 3.01. The van der Waals surface area contributed by atoms with Gasteiger partial charge in [-0.3, -0.25) is 14.6 Å². The molecule has 0 atom stereocenters. The zero-order valence-corrected chi connectivity index (χ0v) is 8.87. The lowest BCUT2D eigenvalue weighted by Crippen LogP contribution is -2.07. The van der Waals surface area contributed by atoms with Gasteiger partial charge in [0.2, 0.25) is 0 Å². The van der Waals surface area contributed by atoms with Crippen molar-refractivity contribution in [3.63, 3.8) is 0 Å². The molecule has 1 aromatic rings. The molecule has 15 heavy (non-hydrogen) atoms.